The van der Waals surface area contributed by atoms with E-state index in [1.165, 1.54) is 64.3 Å². The van der Waals surface area contributed by atoms with Crippen LogP contribution in [-0.4, -0.2) is 10.4 Å². The summed E-state index contributed by atoms with van der Waals surface area (Å²) in [5, 5.41) is 12.7. The maximum Gasteiger partial charge on any atom is 0.184 e. The molecule has 8 aromatic rings. The third kappa shape index (κ3) is 4.89. The Labute approximate surface area is 294 Å². The summed E-state index contributed by atoms with van der Waals surface area (Å²) < 4.78 is 5.12. The van der Waals surface area contributed by atoms with Crippen LogP contribution in [0.2, 0.25) is 0 Å². The van der Waals surface area contributed by atoms with E-state index in [-0.39, 0.29) is 12.5 Å². The predicted octanol–water partition coefficient (Wildman–Crippen LogP) is 11.2. The van der Waals surface area contributed by atoms with E-state index in [1.54, 1.807) is 0 Å². The van der Waals surface area contributed by atoms with Gasteiger partial charge in [0, 0.05) is 36.5 Å². The lowest BCUT2D eigenvalue weighted by Crippen LogP contribution is -2.46. The van der Waals surface area contributed by atoms with Gasteiger partial charge in [-0.2, -0.15) is 0 Å². The molecule has 0 amide bonds. The molecule has 2 aliphatic rings. The molecule has 1 aliphatic carbocycles. The Balaban J connectivity index is 1.11. The molecule has 10 rings (SSSR count). The molecule has 0 spiro atoms. The zero-order valence-electron chi connectivity index (χ0n) is 27.4. The average Bonchev–Trinajstić information content (AvgIpc) is 3.74. The minimum absolute atomic E-state index is 0.114. The number of amidine groups is 1. The molecule has 0 saturated heterocycles. The molecule has 1 aliphatic heterocycles. The van der Waals surface area contributed by atoms with E-state index in [0.29, 0.717) is 0 Å². The van der Waals surface area contributed by atoms with E-state index in [9.17, 15) is 0 Å². The first-order chi connectivity index (χ1) is 24.8. The van der Waals surface area contributed by atoms with Crippen molar-refractivity contribution in [3.63, 3.8) is 0 Å². The fourth-order valence-corrected chi connectivity index (χ4v) is 9.05. The first-order valence-electron chi connectivity index (χ1n) is 17.3. The zero-order valence-corrected chi connectivity index (χ0v) is 28.2. The number of nitrogens with one attached hydrogen (secondary N) is 2. The monoisotopic (exact) mass is 662 g/mol. The Kier molecular flexibility index (Phi) is 7.00. The van der Waals surface area contributed by atoms with Gasteiger partial charge in [0.2, 0.25) is 0 Å². The molecule has 2 atom stereocenters. The molecule has 240 valence electrons. The van der Waals surface area contributed by atoms with Crippen LogP contribution in [0.3, 0.4) is 0 Å². The van der Waals surface area contributed by atoms with E-state index in [0.717, 1.165) is 29.8 Å². The molecule has 4 nitrogen and oxygen atoms in total. The Hall–Kier alpha value is -5.75. The normalized spacial score (nSPS) is 17.9. The molecular weight excluding hydrogens is 629 g/mol. The van der Waals surface area contributed by atoms with Gasteiger partial charge in [-0.1, -0.05) is 140 Å². The summed E-state index contributed by atoms with van der Waals surface area (Å²) in [6.07, 6.45) is 6.45. The molecule has 0 radical (unpaired) electrons. The van der Waals surface area contributed by atoms with Crippen molar-refractivity contribution in [2.24, 2.45) is 4.99 Å². The summed E-state index contributed by atoms with van der Waals surface area (Å²) in [5.41, 5.74) is 9.83. The Bertz CT molecular complexity index is 2660. The summed E-state index contributed by atoms with van der Waals surface area (Å²) in [4.78, 5) is 5.34. The van der Waals surface area contributed by atoms with Crippen LogP contribution in [0.15, 0.2) is 163 Å². The summed E-state index contributed by atoms with van der Waals surface area (Å²) in [6.45, 7) is 0. The number of para-hydroxylation sites is 1. The summed E-state index contributed by atoms with van der Waals surface area (Å²) in [7, 11) is 0. The number of aromatic nitrogens is 1. The molecule has 0 saturated carbocycles. The van der Waals surface area contributed by atoms with Gasteiger partial charge in [0.25, 0.3) is 0 Å². The summed E-state index contributed by atoms with van der Waals surface area (Å²) >= 11 is 1.91. The van der Waals surface area contributed by atoms with Crippen LogP contribution in [0.5, 0.6) is 0 Å². The highest BCUT2D eigenvalue weighted by atomic mass is 32.1. The molecule has 2 N–H and O–H groups in total. The number of hydrogen-bond acceptors (Lipinski definition) is 4. The van der Waals surface area contributed by atoms with Crippen molar-refractivity contribution in [2.75, 3.05) is 0 Å². The van der Waals surface area contributed by atoms with Crippen LogP contribution in [-0.2, 0) is 0 Å². The minimum atomic E-state index is -0.327. The van der Waals surface area contributed by atoms with Gasteiger partial charge in [-0.25, -0.2) is 4.99 Å². The molecule has 6 aromatic carbocycles. The van der Waals surface area contributed by atoms with Crippen LogP contribution >= 0.6 is 11.3 Å². The van der Waals surface area contributed by atoms with Gasteiger partial charge in [0.15, 0.2) is 6.29 Å². The predicted molar refractivity (Wildman–Crippen MR) is 211 cm³/mol. The second-order valence-corrected chi connectivity index (χ2v) is 14.2. The molecule has 0 fully saturated rings. The van der Waals surface area contributed by atoms with E-state index in [4.69, 9.17) is 4.99 Å². The third-order valence-corrected chi connectivity index (χ3v) is 11.4. The highest BCUT2D eigenvalue weighted by molar-refractivity contribution is 7.26. The van der Waals surface area contributed by atoms with Crippen molar-refractivity contribution in [1.82, 2.24) is 15.2 Å². The number of fused-ring (bicyclic) bond motifs is 6. The molecule has 5 heteroatoms. The highest BCUT2D eigenvalue weighted by Crippen LogP contribution is 2.42. The number of benzene rings is 6. The van der Waals surface area contributed by atoms with Crippen molar-refractivity contribution >= 4 is 70.3 Å². The van der Waals surface area contributed by atoms with Gasteiger partial charge in [-0.15, -0.1) is 11.3 Å². The lowest BCUT2D eigenvalue weighted by Gasteiger charge is -2.33. The van der Waals surface area contributed by atoms with Crippen LogP contribution in [0.4, 0.5) is 0 Å². The average molecular weight is 663 g/mol. The maximum absolute atomic E-state index is 5.34. The smallest absolute Gasteiger partial charge is 0.184 e. The number of nitrogens with zero attached hydrogens (tertiary/aromatic N) is 2. The second kappa shape index (κ2) is 12.0. The molecule has 2 unspecified atom stereocenters. The number of thiophene rings is 1. The quantitative estimate of drug-likeness (QED) is 0.193. The highest BCUT2D eigenvalue weighted by Gasteiger charge is 2.28. The Morgan fingerprint density at radius 3 is 2.26 bits per heavy atom. The molecule has 3 heterocycles. The van der Waals surface area contributed by atoms with E-state index < -0.39 is 0 Å². The number of hydrogen-bond donors (Lipinski definition) is 2. The largest absolute Gasteiger partial charge is 0.350 e. The van der Waals surface area contributed by atoms with Gasteiger partial charge >= 0.3 is 0 Å². The van der Waals surface area contributed by atoms with Crippen molar-refractivity contribution < 1.29 is 0 Å². The van der Waals surface area contributed by atoms with Crippen molar-refractivity contribution in [1.29, 1.82) is 0 Å². The first kappa shape index (κ1) is 29.2. The lowest BCUT2D eigenvalue weighted by molar-refractivity contribution is 0.341. The first-order valence-corrected chi connectivity index (χ1v) is 18.2. The van der Waals surface area contributed by atoms with E-state index >= 15 is 0 Å². The van der Waals surface area contributed by atoms with Crippen LogP contribution in [0, 0.1) is 0 Å². The summed E-state index contributed by atoms with van der Waals surface area (Å²) in [6, 6.07) is 52.3. The fourth-order valence-electron chi connectivity index (χ4n) is 7.79. The molecule has 2 aromatic heterocycles. The van der Waals surface area contributed by atoms with Gasteiger partial charge in [0.1, 0.15) is 12.0 Å². The number of allylic oxidation sites excluding steroid dienone is 4. The van der Waals surface area contributed by atoms with Crippen LogP contribution in [0.25, 0.3) is 53.1 Å². The van der Waals surface area contributed by atoms with Gasteiger partial charge in [0.05, 0.1) is 11.0 Å². The number of rotatable bonds is 5. The van der Waals surface area contributed by atoms with Crippen LogP contribution < -0.4 is 10.6 Å². The molecule has 0 bridgehead atoms. The van der Waals surface area contributed by atoms with Crippen molar-refractivity contribution in [3.05, 3.63) is 180 Å². The standard InChI is InChI=1S/C45H34N4S/c1-3-13-29(14-4-1)43-46-44(30-15-5-2-6-16-30)48-45(47-43)49-39-23-9-7-19-35(39)36-26-25-32(28-40(36)49)31-17-11-18-33(27-31)34-21-12-22-38-37-20-8-10-24-41(37)50-42(34)38/h1-10,12-17,19-28,43,45,47H,11,18H2,(H,46,48). The van der Waals surface area contributed by atoms with E-state index in [2.05, 4.69) is 173 Å². The van der Waals surface area contributed by atoms with Gasteiger partial charge < -0.3 is 9.88 Å². The summed E-state index contributed by atoms with van der Waals surface area (Å²) in [5.74, 6) is 0.878. The fraction of sp³-hybridized carbons (Fsp3) is 0.0889. The topological polar surface area (TPSA) is 41.4 Å². The lowest BCUT2D eigenvalue weighted by atomic mass is 9.90. The van der Waals surface area contributed by atoms with E-state index in [1.807, 2.05) is 11.3 Å². The van der Waals surface area contributed by atoms with Crippen LogP contribution in [0.1, 0.15) is 47.6 Å². The SMILES string of the molecule is C1=C(c2ccc3c4ccccc4n(C4N=C(c5ccccc5)NC(c5ccccc5)N4)c3c2)C=C(c2cccc3c2sc2ccccc23)CC1. The minimum Gasteiger partial charge on any atom is -0.350 e. The second-order valence-electron chi connectivity index (χ2n) is 13.1. The molecular formula is C45H34N4S. The Morgan fingerprint density at radius 1 is 0.640 bits per heavy atom. The number of aliphatic imine (C=N–C) groups is 1. The maximum atomic E-state index is 5.34. The zero-order chi connectivity index (χ0) is 33.0. The van der Waals surface area contributed by atoms with Crippen molar-refractivity contribution in [2.45, 2.75) is 25.3 Å². The van der Waals surface area contributed by atoms with Crippen molar-refractivity contribution in [3.8, 4) is 0 Å². The third-order valence-electron chi connectivity index (χ3n) is 10.2. The van der Waals surface area contributed by atoms with Gasteiger partial charge in [-0.05, 0) is 58.9 Å². The molecule has 50 heavy (non-hydrogen) atoms. The van der Waals surface area contributed by atoms with Gasteiger partial charge in [-0.3, -0.25) is 5.32 Å². The Morgan fingerprint density at radius 2 is 1.38 bits per heavy atom.